The maximum absolute atomic E-state index is 13.1. The minimum atomic E-state index is -0.155. The van der Waals surface area contributed by atoms with Crippen molar-refractivity contribution in [2.24, 2.45) is 11.7 Å². The maximum Gasteiger partial charge on any atom is 0.126 e. The van der Waals surface area contributed by atoms with Crippen LogP contribution in [0.3, 0.4) is 0 Å². The molecule has 0 radical (unpaired) electrons. The van der Waals surface area contributed by atoms with Crippen LogP contribution in [0.25, 0.3) is 0 Å². The molecule has 0 aliphatic carbocycles. The van der Waals surface area contributed by atoms with Gasteiger partial charge >= 0.3 is 0 Å². The normalized spacial score (nSPS) is 14.8. The van der Waals surface area contributed by atoms with Crippen LogP contribution in [0.1, 0.15) is 50.3 Å². The van der Waals surface area contributed by atoms with Crippen molar-refractivity contribution in [1.29, 1.82) is 0 Å². The van der Waals surface area contributed by atoms with Gasteiger partial charge in [0.15, 0.2) is 0 Å². The number of rotatable bonds is 5. The van der Waals surface area contributed by atoms with Gasteiger partial charge in [0.1, 0.15) is 5.82 Å². The fraction of sp³-hybridized carbons (Fsp3) is 0.571. The van der Waals surface area contributed by atoms with Gasteiger partial charge in [-0.15, -0.1) is 0 Å². The van der Waals surface area contributed by atoms with E-state index in [1.54, 1.807) is 13.0 Å². The standard InChI is InChI=1S/C14H22FN/c1-4-5-10(2)8-14(16)12-6-7-13(15)11(3)9-12/h6-7,9-10,14H,4-5,8,16H2,1-3H3. The SMILES string of the molecule is CCCC(C)CC(N)c1ccc(F)c(C)c1. The van der Waals surface area contributed by atoms with Crippen molar-refractivity contribution in [1.82, 2.24) is 0 Å². The Hall–Kier alpha value is -0.890. The highest BCUT2D eigenvalue weighted by Crippen LogP contribution is 2.23. The van der Waals surface area contributed by atoms with Crippen molar-refractivity contribution in [3.8, 4) is 0 Å². The minimum absolute atomic E-state index is 0.0286. The molecule has 0 amide bonds. The second kappa shape index (κ2) is 6.00. The molecular formula is C14H22FN. The van der Waals surface area contributed by atoms with Gasteiger partial charge in [-0.05, 0) is 36.5 Å². The van der Waals surface area contributed by atoms with Crippen LogP contribution in [0.4, 0.5) is 4.39 Å². The van der Waals surface area contributed by atoms with Gasteiger partial charge in [-0.2, -0.15) is 0 Å². The van der Waals surface area contributed by atoms with E-state index >= 15 is 0 Å². The molecule has 0 heterocycles. The van der Waals surface area contributed by atoms with E-state index in [0.29, 0.717) is 11.5 Å². The van der Waals surface area contributed by atoms with Gasteiger partial charge in [-0.25, -0.2) is 4.39 Å². The molecule has 0 aromatic heterocycles. The summed E-state index contributed by atoms with van der Waals surface area (Å²) in [6.07, 6.45) is 3.36. The average Bonchev–Trinajstić information content (AvgIpc) is 2.22. The first-order valence-electron chi connectivity index (χ1n) is 6.06. The average molecular weight is 223 g/mol. The smallest absolute Gasteiger partial charge is 0.126 e. The first-order chi connectivity index (χ1) is 7.54. The highest BCUT2D eigenvalue weighted by Gasteiger charge is 2.11. The number of aryl methyl sites for hydroxylation is 1. The summed E-state index contributed by atoms with van der Waals surface area (Å²) in [5, 5.41) is 0. The molecule has 0 bridgehead atoms. The van der Waals surface area contributed by atoms with Gasteiger partial charge in [-0.3, -0.25) is 0 Å². The first-order valence-corrected chi connectivity index (χ1v) is 6.06. The Labute approximate surface area is 97.9 Å². The number of halogens is 1. The van der Waals surface area contributed by atoms with E-state index in [1.807, 2.05) is 6.07 Å². The number of nitrogens with two attached hydrogens (primary N) is 1. The van der Waals surface area contributed by atoms with E-state index in [0.717, 1.165) is 12.0 Å². The van der Waals surface area contributed by atoms with Crippen LogP contribution < -0.4 is 5.73 Å². The lowest BCUT2D eigenvalue weighted by Crippen LogP contribution is -2.14. The van der Waals surface area contributed by atoms with Gasteiger partial charge < -0.3 is 5.73 Å². The van der Waals surface area contributed by atoms with Gasteiger partial charge in [0, 0.05) is 6.04 Å². The summed E-state index contributed by atoms with van der Waals surface area (Å²) in [5.41, 5.74) is 7.84. The molecule has 2 unspecified atom stereocenters. The van der Waals surface area contributed by atoms with Crippen molar-refractivity contribution in [3.05, 3.63) is 35.1 Å². The lowest BCUT2D eigenvalue weighted by molar-refractivity contribution is 0.440. The fourth-order valence-corrected chi connectivity index (χ4v) is 2.08. The Morgan fingerprint density at radius 2 is 2.06 bits per heavy atom. The number of benzene rings is 1. The van der Waals surface area contributed by atoms with Gasteiger partial charge in [-0.1, -0.05) is 38.8 Å². The number of hydrogen-bond acceptors (Lipinski definition) is 1. The third kappa shape index (κ3) is 3.60. The van der Waals surface area contributed by atoms with E-state index in [1.165, 1.54) is 18.9 Å². The zero-order valence-electron chi connectivity index (χ0n) is 10.5. The van der Waals surface area contributed by atoms with Crippen LogP contribution in [0.5, 0.6) is 0 Å². The predicted molar refractivity (Wildman–Crippen MR) is 66.8 cm³/mol. The molecule has 0 fully saturated rings. The van der Waals surface area contributed by atoms with Crippen LogP contribution in [-0.4, -0.2) is 0 Å². The second-order valence-electron chi connectivity index (χ2n) is 4.74. The molecule has 0 aliphatic heterocycles. The molecule has 16 heavy (non-hydrogen) atoms. The molecule has 2 N–H and O–H groups in total. The van der Waals surface area contributed by atoms with Crippen molar-refractivity contribution in [3.63, 3.8) is 0 Å². The van der Waals surface area contributed by atoms with Gasteiger partial charge in [0.25, 0.3) is 0 Å². The Morgan fingerprint density at radius 1 is 1.38 bits per heavy atom. The minimum Gasteiger partial charge on any atom is -0.324 e. The topological polar surface area (TPSA) is 26.0 Å². The second-order valence-corrected chi connectivity index (χ2v) is 4.74. The van der Waals surface area contributed by atoms with E-state index in [-0.39, 0.29) is 11.9 Å². The molecule has 2 atom stereocenters. The Kier molecular flexibility index (Phi) is 4.94. The molecule has 1 rings (SSSR count). The maximum atomic E-state index is 13.1. The summed E-state index contributed by atoms with van der Waals surface area (Å²) in [6, 6.07) is 5.19. The van der Waals surface area contributed by atoms with Crippen molar-refractivity contribution >= 4 is 0 Å². The zero-order chi connectivity index (χ0) is 12.1. The van der Waals surface area contributed by atoms with E-state index in [2.05, 4.69) is 13.8 Å². The van der Waals surface area contributed by atoms with Crippen molar-refractivity contribution in [2.45, 2.75) is 46.1 Å². The van der Waals surface area contributed by atoms with E-state index < -0.39 is 0 Å². The summed E-state index contributed by atoms with van der Waals surface area (Å²) in [5.74, 6) is 0.475. The van der Waals surface area contributed by atoms with Crippen molar-refractivity contribution in [2.75, 3.05) is 0 Å². The third-order valence-electron chi connectivity index (χ3n) is 3.05. The molecule has 2 heteroatoms. The Balaban J connectivity index is 2.65. The predicted octanol–water partition coefficient (Wildman–Crippen LogP) is 3.96. The molecule has 1 aromatic carbocycles. The molecule has 0 spiro atoms. The summed E-state index contributed by atoms with van der Waals surface area (Å²) < 4.78 is 13.1. The van der Waals surface area contributed by atoms with E-state index in [9.17, 15) is 4.39 Å². The largest absolute Gasteiger partial charge is 0.324 e. The summed E-state index contributed by atoms with van der Waals surface area (Å²) in [6.45, 7) is 6.19. The van der Waals surface area contributed by atoms with Crippen LogP contribution in [0, 0.1) is 18.7 Å². The highest BCUT2D eigenvalue weighted by atomic mass is 19.1. The number of hydrogen-bond donors (Lipinski definition) is 1. The highest BCUT2D eigenvalue weighted by molar-refractivity contribution is 5.26. The van der Waals surface area contributed by atoms with E-state index in [4.69, 9.17) is 5.73 Å². The van der Waals surface area contributed by atoms with Crippen molar-refractivity contribution < 1.29 is 4.39 Å². The first kappa shape index (κ1) is 13.2. The molecule has 0 saturated carbocycles. The molecular weight excluding hydrogens is 201 g/mol. The Bertz CT molecular complexity index is 336. The quantitative estimate of drug-likeness (QED) is 0.803. The molecule has 0 aliphatic rings. The lowest BCUT2D eigenvalue weighted by atomic mass is 9.93. The fourth-order valence-electron chi connectivity index (χ4n) is 2.08. The van der Waals surface area contributed by atoms with Crippen LogP contribution >= 0.6 is 0 Å². The Morgan fingerprint density at radius 3 is 2.62 bits per heavy atom. The molecule has 0 saturated heterocycles. The van der Waals surface area contributed by atoms with Gasteiger partial charge in [0.2, 0.25) is 0 Å². The molecule has 1 aromatic rings. The summed E-state index contributed by atoms with van der Waals surface area (Å²) in [7, 11) is 0. The van der Waals surface area contributed by atoms with Crippen LogP contribution in [0.15, 0.2) is 18.2 Å². The molecule has 90 valence electrons. The lowest BCUT2D eigenvalue weighted by Gasteiger charge is -2.17. The van der Waals surface area contributed by atoms with Crippen LogP contribution in [0.2, 0.25) is 0 Å². The summed E-state index contributed by atoms with van der Waals surface area (Å²) in [4.78, 5) is 0. The van der Waals surface area contributed by atoms with Crippen LogP contribution in [-0.2, 0) is 0 Å². The third-order valence-corrected chi connectivity index (χ3v) is 3.05. The zero-order valence-corrected chi connectivity index (χ0v) is 10.5. The molecule has 1 nitrogen and oxygen atoms in total. The monoisotopic (exact) mass is 223 g/mol. The summed E-state index contributed by atoms with van der Waals surface area (Å²) >= 11 is 0. The van der Waals surface area contributed by atoms with Gasteiger partial charge in [0.05, 0.1) is 0 Å².